The van der Waals surface area contributed by atoms with Crippen LogP contribution in [0.5, 0.6) is 6.01 Å². The van der Waals surface area contributed by atoms with E-state index in [-0.39, 0.29) is 23.1 Å². The van der Waals surface area contributed by atoms with Gasteiger partial charge in [-0.25, -0.2) is 8.78 Å². The standard InChI is InChI=1S/C11H20F2N6O2/c1-3-5-14-9-16-10(15-6-4-2)18-11(17-9)21-19(20)7-8(12)13/h8,20H,3-7H2,1-2H3,(H2,14,15,16,17,18). The third kappa shape index (κ3) is 6.95. The Hall–Kier alpha value is -1.81. The highest BCUT2D eigenvalue weighted by Gasteiger charge is 2.15. The Morgan fingerprint density at radius 1 is 1.10 bits per heavy atom. The molecule has 1 aromatic heterocycles. The summed E-state index contributed by atoms with van der Waals surface area (Å²) in [6, 6.07) is -0.273. The smallest absolute Gasteiger partial charge is 0.345 e. The first-order valence-electron chi connectivity index (χ1n) is 6.71. The van der Waals surface area contributed by atoms with Gasteiger partial charge < -0.3 is 15.5 Å². The number of hydrogen-bond acceptors (Lipinski definition) is 8. The normalized spacial score (nSPS) is 11.0. The molecule has 0 aromatic carbocycles. The second-order valence-electron chi connectivity index (χ2n) is 4.14. The third-order valence-electron chi connectivity index (χ3n) is 2.16. The van der Waals surface area contributed by atoms with Gasteiger partial charge in [0.15, 0.2) is 0 Å². The molecule has 1 aromatic rings. The number of hydroxylamine groups is 2. The molecule has 1 heterocycles. The van der Waals surface area contributed by atoms with Crippen molar-refractivity contribution in [1.82, 2.24) is 20.2 Å². The van der Waals surface area contributed by atoms with Crippen LogP contribution in [0.2, 0.25) is 0 Å². The molecule has 120 valence electrons. The number of nitrogens with one attached hydrogen (secondary N) is 2. The number of hydrogen-bond donors (Lipinski definition) is 3. The average Bonchev–Trinajstić information content (AvgIpc) is 2.41. The molecule has 0 fully saturated rings. The van der Waals surface area contributed by atoms with Gasteiger partial charge in [0.05, 0.1) is 0 Å². The predicted molar refractivity (Wildman–Crippen MR) is 72.5 cm³/mol. The maximum absolute atomic E-state index is 12.1. The summed E-state index contributed by atoms with van der Waals surface area (Å²) >= 11 is 0. The zero-order chi connectivity index (χ0) is 15.7. The SMILES string of the molecule is CCCNc1nc(NCCC)nc(ON(O)CC(F)F)n1. The van der Waals surface area contributed by atoms with Gasteiger partial charge >= 0.3 is 6.01 Å². The van der Waals surface area contributed by atoms with Crippen LogP contribution in [0.4, 0.5) is 20.7 Å². The molecular formula is C11H20F2N6O2. The zero-order valence-corrected chi connectivity index (χ0v) is 12.0. The van der Waals surface area contributed by atoms with E-state index < -0.39 is 13.0 Å². The topological polar surface area (TPSA) is 95.4 Å². The zero-order valence-electron chi connectivity index (χ0n) is 12.0. The lowest BCUT2D eigenvalue weighted by Gasteiger charge is -2.14. The molecule has 0 unspecified atom stereocenters. The Bertz CT molecular complexity index is 397. The average molecular weight is 306 g/mol. The monoisotopic (exact) mass is 306 g/mol. The maximum Gasteiger partial charge on any atom is 0.345 e. The fourth-order valence-electron chi connectivity index (χ4n) is 1.28. The van der Waals surface area contributed by atoms with Crippen molar-refractivity contribution in [2.45, 2.75) is 33.1 Å². The molecule has 0 aliphatic heterocycles. The fourth-order valence-corrected chi connectivity index (χ4v) is 1.28. The van der Waals surface area contributed by atoms with Crippen molar-refractivity contribution in [3.8, 4) is 6.01 Å². The van der Waals surface area contributed by atoms with Gasteiger partial charge in [0.2, 0.25) is 11.9 Å². The molecule has 1 rings (SSSR count). The summed E-state index contributed by atoms with van der Waals surface area (Å²) < 4.78 is 24.2. The van der Waals surface area contributed by atoms with E-state index in [2.05, 4.69) is 25.6 Å². The van der Waals surface area contributed by atoms with Crippen molar-refractivity contribution in [2.24, 2.45) is 0 Å². The van der Waals surface area contributed by atoms with E-state index in [0.29, 0.717) is 13.1 Å². The lowest BCUT2D eigenvalue weighted by molar-refractivity contribution is -0.297. The molecular weight excluding hydrogens is 286 g/mol. The number of anilines is 2. The lowest BCUT2D eigenvalue weighted by Crippen LogP contribution is -2.29. The summed E-state index contributed by atoms with van der Waals surface area (Å²) in [5.41, 5.74) is 0. The van der Waals surface area contributed by atoms with Crippen LogP contribution in [0, 0.1) is 0 Å². The van der Waals surface area contributed by atoms with Crippen molar-refractivity contribution in [3.63, 3.8) is 0 Å². The molecule has 0 amide bonds. The highest BCUT2D eigenvalue weighted by molar-refractivity contribution is 5.35. The van der Waals surface area contributed by atoms with Crippen LogP contribution < -0.4 is 15.5 Å². The van der Waals surface area contributed by atoms with E-state index in [9.17, 15) is 14.0 Å². The first-order chi connectivity index (χ1) is 10.0. The molecule has 0 aliphatic carbocycles. The number of aromatic nitrogens is 3. The summed E-state index contributed by atoms with van der Waals surface area (Å²) in [4.78, 5) is 16.6. The second kappa shape index (κ2) is 9.19. The highest BCUT2D eigenvalue weighted by Crippen LogP contribution is 2.12. The van der Waals surface area contributed by atoms with Crippen LogP contribution in [0.1, 0.15) is 26.7 Å². The van der Waals surface area contributed by atoms with Gasteiger partial charge in [0.25, 0.3) is 6.43 Å². The second-order valence-corrected chi connectivity index (χ2v) is 4.14. The molecule has 0 aliphatic rings. The van der Waals surface area contributed by atoms with E-state index in [0.717, 1.165) is 12.8 Å². The van der Waals surface area contributed by atoms with Crippen LogP contribution in [0.25, 0.3) is 0 Å². The van der Waals surface area contributed by atoms with Crippen LogP contribution >= 0.6 is 0 Å². The number of rotatable bonds is 10. The number of nitrogens with zero attached hydrogens (tertiary/aromatic N) is 4. The minimum absolute atomic E-state index is 0.00674. The Labute approximate surface area is 121 Å². The van der Waals surface area contributed by atoms with Gasteiger partial charge in [-0.2, -0.15) is 15.0 Å². The summed E-state index contributed by atoms with van der Waals surface area (Å²) in [6.07, 6.45) is -1.03. The van der Waals surface area contributed by atoms with Crippen LogP contribution in [-0.2, 0) is 0 Å². The van der Waals surface area contributed by atoms with Gasteiger partial charge in [-0.05, 0) is 18.1 Å². The van der Waals surface area contributed by atoms with Gasteiger partial charge in [0.1, 0.15) is 6.54 Å². The number of halogens is 2. The van der Waals surface area contributed by atoms with Gasteiger partial charge in [-0.1, -0.05) is 13.8 Å². The molecule has 3 N–H and O–H groups in total. The molecule has 10 heteroatoms. The highest BCUT2D eigenvalue weighted by atomic mass is 19.3. The maximum atomic E-state index is 12.1. The molecule has 0 bridgehead atoms. The molecule has 0 spiro atoms. The Morgan fingerprint density at radius 2 is 1.62 bits per heavy atom. The lowest BCUT2D eigenvalue weighted by atomic mass is 10.5. The first kappa shape index (κ1) is 17.2. The van der Waals surface area contributed by atoms with Crippen molar-refractivity contribution in [2.75, 3.05) is 30.3 Å². The van der Waals surface area contributed by atoms with Crippen LogP contribution in [0.3, 0.4) is 0 Å². The fraction of sp³-hybridized carbons (Fsp3) is 0.727. The van der Waals surface area contributed by atoms with Gasteiger partial charge in [-0.15, -0.1) is 0 Å². The summed E-state index contributed by atoms with van der Waals surface area (Å²) in [5, 5.41) is 15.1. The number of alkyl halides is 2. The first-order valence-corrected chi connectivity index (χ1v) is 6.71. The molecule has 8 nitrogen and oxygen atoms in total. The van der Waals surface area contributed by atoms with Crippen LogP contribution in [-0.4, -0.2) is 51.4 Å². The molecule has 0 radical (unpaired) electrons. The quantitative estimate of drug-likeness (QED) is 0.563. The molecule has 0 saturated carbocycles. The Balaban J connectivity index is 2.79. The van der Waals surface area contributed by atoms with Gasteiger partial charge in [0, 0.05) is 13.1 Å². The summed E-state index contributed by atoms with van der Waals surface area (Å²) in [6.45, 7) is 4.24. The van der Waals surface area contributed by atoms with E-state index in [4.69, 9.17) is 4.84 Å². The van der Waals surface area contributed by atoms with Crippen molar-refractivity contribution >= 4 is 11.9 Å². The van der Waals surface area contributed by atoms with Crippen molar-refractivity contribution in [3.05, 3.63) is 0 Å². The van der Waals surface area contributed by atoms with E-state index in [1.165, 1.54) is 0 Å². The summed E-state index contributed by atoms with van der Waals surface area (Å²) in [5.74, 6) is 0.483. The Morgan fingerprint density at radius 3 is 2.05 bits per heavy atom. The van der Waals surface area contributed by atoms with Crippen molar-refractivity contribution in [1.29, 1.82) is 0 Å². The minimum Gasteiger partial charge on any atom is -0.354 e. The van der Waals surface area contributed by atoms with Crippen molar-refractivity contribution < 1.29 is 18.8 Å². The summed E-state index contributed by atoms with van der Waals surface area (Å²) in [7, 11) is 0. The predicted octanol–water partition coefficient (Wildman–Crippen LogP) is 1.77. The third-order valence-corrected chi connectivity index (χ3v) is 2.16. The minimum atomic E-state index is -2.74. The largest absolute Gasteiger partial charge is 0.354 e. The molecule has 21 heavy (non-hydrogen) atoms. The molecule has 0 saturated heterocycles. The van der Waals surface area contributed by atoms with E-state index in [1.54, 1.807) is 0 Å². The molecule has 0 atom stereocenters. The van der Waals surface area contributed by atoms with E-state index >= 15 is 0 Å². The van der Waals surface area contributed by atoms with Crippen LogP contribution in [0.15, 0.2) is 0 Å². The van der Waals surface area contributed by atoms with E-state index in [1.807, 2.05) is 13.8 Å². The van der Waals surface area contributed by atoms with Gasteiger partial charge in [-0.3, -0.25) is 5.21 Å². The Kier molecular flexibility index (Phi) is 7.54.